The SMILES string of the molecule is O=S1(=O)CC(O)C(N2CCC(=NO)c3ccccc32)C1. The Kier molecular flexibility index (Phi) is 3.18. The van der Waals surface area contributed by atoms with Gasteiger partial charge in [0, 0.05) is 24.2 Å². The molecule has 0 aliphatic carbocycles. The van der Waals surface area contributed by atoms with Gasteiger partial charge in [-0.05, 0) is 6.07 Å². The summed E-state index contributed by atoms with van der Waals surface area (Å²) < 4.78 is 23.4. The van der Waals surface area contributed by atoms with Crippen LogP contribution in [0.5, 0.6) is 0 Å². The molecule has 0 amide bonds. The standard InChI is InChI=1S/C13H16N2O4S/c16-13-8-20(18,19)7-12(13)15-6-5-10(14-17)9-3-1-2-4-11(9)15/h1-4,12-13,16-17H,5-8H2. The third kappa shape index (κ3) is 2.16. The molecule has 7 heteroatoms. The van der Waals surface area contributed by atoms with Crippen LogP contribution in [0.25, 0.3) is 0 Å². The predicted molar refractivity (Wildman–Crippen MR) is 75.2 cm³/mol. The number of rotatable bonds is 1. The van der Waals surface area contributed by atoms with Gasteiger partial charge in [0.2, 0.25) is 0 Å². The second-order valence-electron chi connectivity index (χ2n) is 5.22. The number of hydrogen-bond acceptors (Lipinski definition) is 6. The van der Waals surface area contributed by atoms with Crippen molar-refractivity contribution in [1.29, 1.82) is 0 Å². The fourth-order valence-electron chi connectivity index (χ4n) is 3.01. The Balaban J connectivity index is 2.01. The maximum Gasteiger partial charge on any atom is 0.155 e. The van der Waals surface area contributed by atoms with Gasteiger partial charge < -0.3 is 15.2 Å². The van der Waals surface area contributed by atoms with Crippen LogP contribution in [0.1, 0.15) is 12.0 Å². The number of aliphatic hydroxyl groups excluding tert-OH is 1. The Morgan fingerprint density at radius 1 is 1.25 bits per heavy atom. The summed E-state index contributed by atoms with van der Waals surface area (Å²) >= 11 is 0. The second kappa shape index (κ2) is 4.75. The average molecular weight is 296 g/mol. The summed E-state index contributed by atoms with van der Waals surface area (Å²) in [5.41, 5.74) is 2.19. The lowest BCUT2D eigenvalue weighted by Crippen LogP contribution is -2.46. The minimum absolute atomic E-state index is 0.0336. The van der Waals surface area contributed by atoms with Crippen molar-refractivity contribution in [2.75, 3.05) is 23.0 Å². The molecule has 2 N–H and O–H groups in total. The molecule has 0 aromatic heterocycles. The zero-order chi connectivity index (χ0) is 14.3. The number of para-hydroxylation sites is 1. The van der Waals surface area contributed by atoms with Crippen LogP contribution in [0.2, 0.25) is 0 Å². The van der Waals surface area contributed by atoms with Crippen molar-refractivity contribution in [3.8, 4) is 0 Å². The summed E-state index contributed by atoms with van der Waals surface area (Å²) in [6.45, 7) is 0.535. The number of anilines is 1. The molecule has 0 spiro atoms. The topological polar surface area (TPSA) is 90.2 Å². The van der Waals surface area contributed by atoms with E-state index in [2.05, 4.69) is 5.16 Å². The predicted octanol–water partition coefficient (Wildman–Crippen LogP) is 0.233. The molecular formula is C13H16N2O4S. The summed E-state index contributed by atoms with van der Waals surface area (Å²) in [4.78, 5) is 1.92. The molecule has 20 heavy (non-hydrogen) atoms. The van der Waals surface area contributed by atoms with Crippen molar-refractivity contribution in [3.05, 3.63) is 29.8 Å². The highest BCUT2D eigenvalue weighted by atomic mass is 32.2. The first-order valence-electron chi connectivity index (χ1n) is 6.47. The van der Waals surface area contributed by atoms with E-state index in [4.69, 9.17) is 5.21 Å². The summed E-state index contributed by atoms with van der Waals surface area (Å²) in [6.07, 6.45) is -0.350. The Bertz CT molecular complexity index is 656. The Morgan fingerprint density at radius 3 is 2.65 bits per heavy atom. The van der Waals surface area contributed by atoms with Crippen molar-refractivity contribution in [1.82, 2.24) is 0 Å². The second-order valence-corrected chi connectivity index (χ2v) is 7.37. The van der Waals surface area contributed by atoms with Crippen molar-refractivity contribution in [2.45, 2.75) is 18.6 Å². The van der Waals surface area contributed by atoms with Crippen molar-refractivity contribution in [3.63, 3.8) is 0 Å². The Morgan fingerprint density at radius 2 is 2.00 bits per heavy atom. The molecule has 6 nitrogen and oxygen atoms in total. The number of fused-ring (bicyclic) bond motifs is 1. The summed E-state index contributed by atoms with van der Waals surface area (Å²) in [5.74, 6) is -0.217. The number of hydrogen-bond donors (Lipinski definition) is 2. The van der Waals surface area contributed by atoms with Crippen LogP contribution in [0.4, 0.5) is 5.69 Å². The van der Waals surface area contributed by atoms with Crippen molar-refractivity contribution >= 4 is 21.2 Å². The Hall–Kier alpha value is -1.60. The highest BCUT2D eigenvalue weighted by molar-refractivity contribution is 7.91. The Labute approximate surface area is 117 Å². The molecule has 3 rings (SSSR count). The third-order valence-electron chi connectivity index (χ3n) is 3.93. The van der Waals surface area contributed by atoms with Crippen molar-refractivity contribution in [2.24, 2.45) is 5.16 Å². The van der Waals surface area contributed by atoms with Gasteiger partial charge in [-0.1, -0.05) is 23.4 Å². The molecule has 1 aromatic carbocycles. The minimum Gasteiger partial charge on any atom is -0.411 e. The molecule has 2 heterocycles. The molecule has 0 bridgehead atoms. The first-order chi connectivity index (χ1) is 9.52. The number of benzene rings is 1. The summed E-state index contributed by atoms with van der Waals surface area (Å²) in [5, 5.41) is 22.4. The van der Waals surface area contributed by atoms with E-state index < -0.39 is 22.0 Å². The fourth-order valence-corrected chi connectivity index (χ4v) is 4.81. The molecule has 2 unspecified atom stereocenters. The summed E-state index contributed by atoms with van der Waals surface area (Å²) in [6, 6.07) is 6.96. The first kappa shape index (κ1) is 13.4. The molecule has 108 valence electrons. The van der Waals surface area contributed by atoms with Gasteiger partial charge in [-0.15, -0.1) is 0 Å². The zero-order valence-electron chi connectivity index (χ0n) is 10.8. The molecule has 1 fully saturated rings. The van der Waals surface area contributed by atoms with Crippen LogP contribution in [-0.2, 0) is 9.84 Å². The van der Waals surface area contributed by atoms with Crippen LogP contribution in [0.3, 0.4) is 0 Å². The molecule has 2 aliphatic heterocycles. The lowest BCUT2D eigenvalue weighted by molar-refractivity contribution is 0.178. The quantitative estimate of drug-likeness (QED) is 0.572. The van der Waals surface area contributed by atoms with E-state index >= 15 is 0 Å². The minimum atomic E-state index is -3.19. The lowest BCUT2D eigenvalue weighted by atomic mass is 9.97. The average Bonchev–Trinajstić information content (AvgIpc) is 2.70. The van der Waals surface area contributed by atoms with Gasteiger partial charge in [0.25, 0.3) is 0 Å². The largest absolute Gasteiger partial charge is 0.411 e. The zero-order valence-corrected chi connectivity index (χ0v) is 11.6. The summed E-state index contributed by atoms with van der Waals surface area (Å²) in [7, 11) is -3.19. The van der Waals surface area contributed by atoms with E-state index in [-0.39, 0.29) is 11.5 Å². The maximum atomic E-state index is 11.7. The van der Waals surface area contributed by atoms with Gasteiger partial charge in [0.15, 0.2) is 9.84 Å². The van der Waals surface area contributed by atoms with E-state index in [0.717, 1.165) is 11.3 Å². The van der Waals surface area contributed by atoms with E-state index in [1.165, 1.54) is 0 Å². The van der Waals surface area contributed by atoms with Crippen LogP contribution < -0.4 is 4.90 Å². The highest BCUT2D eigenvalue weighted by Gasteiger charge is 2.41. The molecule has 2 atom stereocenters. The van der Waals surface area contributed by atoms with E-state index in [9.17, 15) is 13.5 Å². The molecule has 0 saturated carbocycles. The van der Waals surface area contributed by atoms with Gasteiger partial charge in [-0.25, -0.2) is 8.42 Å². The highest BCUT2D eigenvalue weighted by Crippen LogP contribution is 2.32. The van der Waals surface area contributed by atoms with Gasteiger partial charge in [-0.3, -0.25) is 0 Å². The van der Waals surface area contributed by atoms with E-state index in [1.54, 1.807) is 0 Å². The number of oxime groups is 1. The van der Waals surface area contributed by atoms with Crippen molar-refractivity contribution < 1.29 is 18.7 Å². The van der Waals surface area contributed by atoms with Crippen LogP contribution >= 0.6 is 0 Å². The van der Waals surface area contributed by atoms with Gasteiger partial charge >= 0.3 is 0 Å². The number of aliphatic hydroxyl groups is 1. The number of sulfone groups is 1. The number of nitrogens with zero attached hydrogens (tertiary/aromatic N) is 2. The lowest BCUT2D eigenvalue weighted by Gasteiger charge is -2.37. The monoisotopic (exact) mass is 296 g/mol. The van der Waals surface area contributed by atoms with Gasteiger partial charge in [0.1, 0.15) is 0 Å². The van der Waals surface area contributed by atoms with Gasteiger partial charge in [-0.2, -0.15) is 0 Å². The normalized spacial score (nSPS) is 30.4. The van der Waals surface area contributed by atoms with Crippen LogP contribution in [0.15, 0.2) is 29.4 Å². The van der Waals surface area contributed by atoms with E-state index in [1.807, 2.05) is 29.2 Å². The molecule has 2 aliphatic rings. The third-order valence-corrected chi connectivity index (χ3v) is 5.63. The molecular weight excluding hydrogens is 280 g/mol. The van der Waals surface area contributed by atoms with Crippen LogP contribution in [0, 0.1) is 0 Å². The van der Waals surface area contributed by atoms with Crippen LogP contribution in [-0.4, -0.2) is 54.6 Å². The molecule has 1 saturated heterocycles. The molecule has 0 radical (unpaired) electrons. The molecule has 1 aromatic rings. The smallest absolute Gasteiger partial charge is 0.155 e. The van der Waals surface area contributed by atoms with Gasteiger partial charge in [0.05, 0.1) is 29.4 Å². The van der Waals surface area contributed by atoms with E-state index in [0.29, 0.717) is 18.7 Å². The fraction of sp³-hybridized carbons (Fsp3) is 0.462. The maximum absolute atomic E-state index is 11.7. The first-order valence-corrected chi connectivity index (χ1v) is 8.29.